The summed E-state index contributed by atoms with van der Waals surface area (Å²) >= 11 is 0. The van der Waals surface area contributed by atoms with Gasteiger partial charge >= 0.3 is 11.9 Å². The molecular formula is C12H11N3O4. The molecule has 0 aliphatic heterocycles. The number of benzene rings is 1. The van der Waals surface area contributed by atoms with Crippen molar-refractivity contribution < 1.29 is 19.4 Å². The van der Waals surface area contributed by atoms with Crippen LogP contribution in [0.4, 0.5) is 0 Å². The molecule has 1 heterocycles. The number of hydrogen-bond acceptors (Lipinski definition) is 5. The minimum absolute atomic E-state index is 0.0740. The van der Waals surface area contributed by atoms with Gasteiger partial charge in [0.05, 0.1) is 12.2 Å². The maximum atomic E-state index is 11.6. The average Bonchev–Trinajstić information content (AvgIpc) is 2.88. The smallest absolute Gasteiger partial charge is 0.361 e. The van der Waals surface area contributed by atoms with Crippen LogP contribution in [0.25, 0.3) is 11.3 Å². The molecule has 0 atom stereocenters. The summed E-state index contributed by atoms with van der Waals surface area (Å²) < 4.78 is 4.85. The van der Waals surface area contributed by atoms with Crippen molar-refractivity contribution in [3.8, 4) is 11.3 Å². The van der Waals surface area contributed by atoms with Gasteiger partial charge in [-0.25, -0.2) is 9.59 Å². The zero-order valence-electron chi connectivity index (χ0n) is 10.1. The molecule has 0 spiro atoms. The van der Waals surface area contributed by atoms with Crippen LogP contribution in [0, 0.1) is 0 Å². The molecule has 19 heavy (non-hydrogen) atoms. The van der Waals surface area contributed by atoms with Crippen LogP contribution in [0.5, 0.6) is 0 Å². The number of carbonyl (C=O) groups is 2. The molecule has 98 valence electrons. The Morgan fingerprint density at radius 1 is 1.26 bits per heavy atom. The van der Waals surface area contributed by atoms with Gasteiger partial charge in [0.2, 0.25) is 0 Å². The van der Waals surface area contributed by atoms with Gasteiger partial charge in [-0.3, -0.25) is 0 Å². The summed E-state index contributed by atoms with van der Waals surface area (Å²) in [5.74, 6) is -1.59. The monoisotopic (exact) mass is 261 g/mol. The van der Waals surface area contributed by atoms with E-state index in [2.05, 4.69) is 15.4 Å². The fourth-order valence-electron chi connectivity index (χ4n) is 1.54. The first-order chi connectivity index (χ1) is 9.13. The van der Waals surface area contributed by atoms with Crippen LogP contribution in [0.1, 0.15) is 27.8 Å². The highest BCUT2D eigenvalue weighted by Gasteiger charge is 2.19. The minimum Gasteiger partial charge on any atom is -0.478 e. The summed E-state index contributed by atoms with van der Waals surface area (Å²) in [6, 6.07) is 5.98. The van der Waals surface area contributed by atoms with Crippen LogP contribution in [-0.4, -0.2) is 39.1 Å². The summed E-state index contributed by atoms with van der Waals surface area (Å²) in [7, 11) is 0. The lowest BCUT2D eigenvalue weighted by molar-refractivity contribution is 0.0519. The van der Waals surface area contributed by atoms with Gasteiger partial charge in [0, 0.05) is 5.56 Å². The van der Waals surface area contributed by atoms with Crippen LogP contribution < -0.4 is 0 Å². The third kappa shape index (κ3) is 2.59. The molecule has 2 aromatic rings. The highest BCUT2D eigenvalue weighted by molar-refractivity contribution is 5.94. The largest absolute Gasteiger partial charge is 0.478 e. The molecule has 7 nitrogen and oxygen atoms in total. The molecule has 7 heteroatoms. The number of nitrogens with zero attached hydrogens (tertiary/aromatic N) is 2. The van der Waals surface area contributed by atoms with E-state index >= 15 is 0 Å². The number of rotatable bonds is 4. The molecule has 2 N–H and O–H groups in total. The molecule has 0 aliphatic rings. The highest BCUT2D eigenvalue weighted by Crippen LogP contribution is 2.20. The van der Waals surface area contributed by atoms with Crippen molar-refractivity contribution in [1.82, 2.24) is 15.4 Å². The van der Waals surface area contributed by atoms with Crippen molar-refractivity contribution in [3.05, 3.63) is 35.5 Å². The number of aromatic amines is 1. The Bertz CT molecular complexity index is 604. The molecule has 0 bridgehead atoms. The Hall–Kier alpha value is -2.70. The third-order valence-electron chi connectivity index (χ3n) is 2.42. The first kappa shape index (κ1) is 12.7. The predicted molar refractivity (Wildman–Crippen MR) is 64.7 cm³/mol. The SMILES string of the molecule is CCOC(=O)c1n[nH]nc1-c1ccc(C(=O)O)cc1. The number of carbonyl (C=O) groups excluding carboxylic acids is 1. The molecule has 0 amide bonds. The van der Waals surface area contributed by atoms with E-state index in [0.29, 0.717) is 11.3 Å². The van der Waals surface area contributed by atoms with Crippen LogP contribution in [0.2, 0.25) is 0 Å². The fourth-order valence-corrected chi connectivity index (χ4v) is 1.54. The second-order valence-corrected chi connectivity index (χ2v) is 3.62. The number of nitrogens with one attached hydrogen (secondary N) is 1. The number of aromatic nitrogens is 3. The Kier molecular flexibility index (Phi) is 3.56. The van der Waals surface area contributed by atoms with E-state index in [9.17, 15) is 9.59 Å². The number of carboxylic acid groups (broad SMARTS) is 1. The molecule has 0 aliphatic carbocycles. The highest BCUT2D eigenvalue weighted by atomic mass is 16.5. The van der Waals surface area contributed by atoms with E-state index in [-0.39, 0.29) is 17.9 Å². The number of aromatic carboxylic acids is 1. The van der Waals surface area contributed by atoms with E-state index in [1.807, 2.05) is 0 Å². The van der Waals surface area contributed by atoms with Gasteiger partial charge in [0.25, 0.3) is 0 Å². The van der Waals surface area contributed by atoms with Crippen LogP contribution in [0.15, 0.2) is 24.3 Å². The van der Waals surface area contributed by atoms with Crippen molar-refractivity contribution in [3.63, 3.8) is 0 Å². The summed E-state index contributed by atoms with van der Waals surface area (Å²) in [6.07, 6.45) is 0. The summed E-state index contributed by atoms with van der Waals surface area (Å²) in [6.45, 7) is 1.93. The van der Waals surface area contributed by atoms with Crippen LogP contribution >= 0.6 is 0 Å². The van der Waals surface area contributed by atoms with Crippen molar-refractivity contribution in [1.29, 1.82) is 0 Å². The van der Waals surface area contributed by atoms with Crippen molar-refractivity contribution >= 4 is 11.9 Å². The van der Waals surface area contributed by atoms with Gasteiger partial charge < -0.3 is 9.84 Å². The van der Waals surface area contributed by atoms with E-state index in [1.54, 1.807) is 19.1 Å². The second-order valence-electron chi connectivity index (χ2n) is 3.62. The number of carboxylic acids is 1. The van der Waals surface area contributed by atoms with Crippen molar-refractivity contribution in [2.45, 2.75) is 6.92 Å². The molecule has 0 saturated carbocycles. The number of hydrogen-bond donors (Lipinski definition) is 2. The van der Waals surface area contributed by atoms with Crippen LogP contribution in [0.3, 0.4) is 0 Å². The maximum absolute atomic E-state index is 11.6. The van der Waals surface area contributed by atoms with Crippen LogP contribution in [-0.2, 0) is 4.74 Å². The number of H-pyrrole nitrogens is 1. The van der Waals surface area contributed by atoms with Gasteiger partial charge in [-0.05, 0) is 19.1 Å². The zero-order chi connectivity index (χ0) is 13.8. The lowest BCUT2D eigenvalue weighted by Crippen LogP contribution is -2.06. The average molecular weight is 261 g/mol. The maximum Gasteiger partial charge on any atom is 0.361 e. The Balaban J connectivity index is 2.34. The normalized spacial score (nSPS) is 10.2. The van der Waals surface area contributed by atoms with Gasteiger partial charge in [-0.2, -0.15) is 10.3 Å². The summed E-state index contributed by atoms with van der Waals surface area (Å²) in [5, 5.41) is 18.8. The molecular weight excluding hydrogens is 250 g/mol. The molecule has 2 rings (SSSR count). The Morgan fingerprint density at radius 2 is 1.95 bits per heavy atom. The van der Waals surface area contributed by atoms with Crippen molar-refractivity contribution in [2.24, 2.45) is 0 Å². The van der Waals surface area contributed by atoms with Gasteiger partial charge in [0.1, 0.15) is 5.69 Å². The molecule has 1 aromatic heterocycles. The van der Waals surface area contributed by atoms with Gasteiger partial charge in [0.15, 0.2) is 5.69 Å². The lowest BCUT2D eigenvalue weighted by Gasteiger charge is -2.01. The molecule has 0 fully saturated rings. The zero-order valence-corrected chi connectivity index (χ0v) is 10.1. The molecule has 0 radical (unpaired) electrons. The number of ether oxygens (including phenoxy) is 1. The number of esters is 1. The molecule has 1 aromatic carbocycles. The molecule has 0 unspecified atom stereocenters. The van der Waals surface area contributed by atoms with Gasteiger partial charge in [-0.15, -0.1) is 5.10 Å². The predicted octanol–water partition coefficient (Wildman–Crippen LogP) is 1.35. The minimum atomic E-state index is -1.02. The summed E-state index contributed by atoms with van der Waals surface area (Å²) in [5.41, 5.74) is 1.15. The van der Waals surface area contributed by atoms with E-state index in [0.717, 1.165) is 0 Å². The van der Waals surface area contributed by atoms with Crippen molar-refractivity contribution in [2.75, 3.05) is 6.61 Å². The topological polar surface area (TPSA) is 105 Å². The van der Waals surface area contributed by atoms with Gasteiger partial charge in [-0.1, -0.05) is 12.1 Å². The second kappa shape index (κ2) is 5.30. The quantitative estimate of drug-likeness (QED) is 0.805. The third-order valence-corrected chi connectivity index (χ3v) is 2.42. The summed E-state index contributed by atoms with van der Waals surface area (Å²) in [4.78, 5) is 22.4. The Morgan fingerprint density at radius 3 is 2.53 bits per heavy atom. The lowest BCUT2D eigenvalue weighted by atomic mass is 10.1. The van der Waals surface area contributed by atoms with E-state index in [4.69, 9.17) is 9.84 Å². The fraction of sp³-hybridized carbons (Fsp3) is 0.167. The first-order valence-electron chi connectivity index (χ1n) is 5.55. The first-order valence-corrected chi connectivity index (χ1v) is 5.55. The molecule has 0 saturated heterocycles. The van der Waals surface area contributed by atoms with E-state index < -0.39 is 11.9 Å². The standard InChI is InChI=1S/C12H11N3O4/c1-2-19-12(18)10-9(13-15-14-10)7-3-5-8(6-4-7)11(16)17/h3-6H,2H2,1H3,(H,16,17)(H,13,14,15). The Labute approximate surface area is 108 Å². The van der Waals surface area contributed by atoms with E-state index in [1.165, 1.54) is 12.1 Å².